The molecule has 1 rings (SSSR count). The van der Waals surface area contributed by atoms with Gasteiger partial charge < -0.3 is 0 Å². The highest BCUT2D eigenvalue weighted by molar-refractivity contribution is 6.48. The maximum Gasteiger partial charge on any atom is 0.201 e. The molecule has 0 spiro atoms. The van der Waals surface area contributed by atoms with E-state index in [1.165, 1.54) is 6.08 Å². The zero-order valence-electron chi connectivity index (χ0n) is 7.85. The highest BCUT2D eigenvalue weighted by atomic mass is 35.5. The van der Waals surface area contributed by atoms with Crippen molar-refractivity contribution in [3.05, 3.63) is 22.3 Å². The molecule has 0 N–H and O–H groups in total. The van der Waals surface area contributed by atoms with E-state index in [1.807, 2.05) is 13.8 Å². The second-order valence-corrected chi connectivity index (χ2v) is 3.76. The molecule has 3 heteroatoms. The number of hydrogen-bond acceptors (Lipinski definition) is 2. The summed E-state index contributed by atoms with van der Waals surface area (Å²) in [7, 11) is 0. The van der Waals surface area contributed by atoms with Gasteiger partial charge in [0.25, 0.3) is 0 Å². The van der Waals surface area contributed by atoms with E-state index in [2.05, 4.69) is 0 Å². The number of rotatable bonds is 1. The van der Waals surface area contributed by atoms with E-state index in [-0.39, 0.29) is 22.5 Å². The summed E-state index contributed by atoms with van der Waals surface area (Å²) in [6, 6.07) is 0. The Kier molecular flexibility index (Phi) is 2.71. The first-order valence-corrected chi connectivity index (χ1v) is 4.50. The van der Waals surface area contributed by atoms with Gasteiger partial charge in [-0.05, 0) is 18.9 Å². The predicted molar refractivity (Wildman–Crippen MR) is 51.5 cm³/mol. The summed E-state index contributed by atoms with van der Waals surface area (Å²) in [4.78, 5) is 22.8. The SMILES string of the molecule is CC1=C(Cl)C(=O)C(C(C)C)=CC1=O. The number of carbonyl (C=O) groups is 2. The number of ketones is 2. The third kappa shape index (κ3) is 1.73. The van der Waals surface area contributed by atoms with Gasteiger partial charge in [0.15, 0.2) is 5.78 Å². The van der Waals surface area contributed by atoms with Gasteiger partial charge in [-0.15, -0.1) is 0 Å². The average Bonchev–Trinajstić information content (AvgIpc) is 2.07. The summed E-state index contributed by atoms with van der Waals surface area (Å²) in [5.74, 6) is -0.333. The number of carbonyl (C=O) groups excluding carboxylic acids is 2. The summed E-state index contributed by atoms with van der Waals surface area (Å²) < 4.78 is 0. The van der Waals surface area contributed by atoms with E-state index in [0.29, 0.717) is 11.1 Å². The number of hydrogen-bond donors (Lipinski definition) is 0. The molecule has 2 nitrogen and oxygen atoms in total. The van der Waals surface area contributed by atoms with Crippen molar-refractivity contribution in [2.75, 3.05) is 0 Å². The number of Topliss-reactive ketones (excluding diaryl/α,β-unsaturated/α-hetero) is 1. The highest BCUT2D eigenvalue weighted by Gasteiger charge is 2.25. The standard InChI is InChI=1S/C10H11ClO2/c1-5(2)7-4-8(12)6(3)9(11)10(7)13/h4-5H,1-3H3. The minimum atomic E-state index is -0.214. The Morgan fingerprint density at radius 2 is 1.85 bits per heavy atom. The topological polar surface area (TPSA) is 34.1 Å². The van der Waals surface area contributed by atoms with E-state index >= 15 is 0 Å². The van der Waals surface area contributed by atoms with Crippen LogP contribution in [0.5, 0.6) is 0 Å². The zero-order valence-corrected chi connectivity index (χ0v) is 8.61. The molecule has 0 aromatic carbocycles. The fourth-order valence-electron chi connectivity index (χ4n) is 1.15. The molecular formula is C10H11ClO2. The first-order chi connectivity index (χ1) is 5.95. The fraction of sp³-hybridized carbons (Fsp3) is 0.400. The van der Waals surface area contributed by atoms with E-state index in [9.17, 15) is 9.59 Å². The lowest BCUT2D eigenvalue weighted by Gasteiger charge is -2.14. The van der Waals surface area contributed by atoms with Crippen LogP contribution in [0.4, 0.5) is 0 Å². The smallest absolute Gasteiger partial charge is 0.201 e. The Bertz CT molecular complexity index is 335. The largest absolute Gasteiger partial charge is 0.290 e. The van der Waals surface area contributed by atoms with Crippen molar-refractivity contribution in [2.45, 2.75) is 20.8 Å². The van der Waals surface area contributed by atoms with Crippen molar-refractivity contribution < 1.29 is 9.59 Å². The maximum atomic E-state index is 11.5. The molecule has 0 saturated heterocycles. The Hall–Kier alpha value is -0.890. The molecule has 0 amide bonds. The lowest BCUT2D eigenvalue weighted by molar-refractivity contribution is -0.115. The quantitative estimate of drug-likeness (QED) is 0.606. The molecule has 70 valence electrons. The molecule has 0 heterocycles. The van der Waals surface area contributed by atoms with Crippen LogP contribution in [-0.2, 0) is 9.59 Å². The van der Waals surface area contributed by atoms with Crippen molar-refractivity contribution >= 4 is 23.2 Å². The predicted octanol–water partition coefficient (Wildman–Crippen LogP) is 2.23. The molecule has 0 radical (unpaired) electrons. The zero-order chi connectivity index (χ0) is 10.2. The highest BCUT2D eigenvalue weighted by Crippen LogP contribution is 2.25. The number of allylic oxidation sites excluding steroid dienone is 4. The van der Waals surface area contributed by atoms with Gasteiger partial charge in [-0.1, -0.05) is 25.4 Å². The van der Waals surface area contributed by atoms with Crippen LogP contribution < -0.4 is 0 Å². The van der Waals surface area contributed by atoms with Gasteiger partial charge in [-0.25, -0.2) is 0 Å². The summed E-state index contributed by atoms with van der Waals surface area (Å²) in [6.45, 7) is 5.29. The molecule has 0 aliphatic heterocycles. The normalized spacial score (nSPS) is 18.4. The minimum absolute atomic E-state index is 0.0401. The van der Waals surface area contributed by atoms with Crippen LogP contribution in [0.2, 0.25) is 0 Å². The van der Waals surface area contributed by atoms with Crippen LogP contribution in [0.1, 0.15) is 20.8 Å². The van der Waals surface area contributed by atoms with E-state index in [4.69, 9.17) is 11.6 Å². The van der Waals surface area contributed by atoms with Crippen LogP contribution in [0.25, 0.3) is 0 Å². The first kappa shape index (κ1) is 10.2. The van der Waals surface area contributed by atoms with Crippen molar-refractivity contribution in [2.24, 2.45) is 5.92 Å². The van der Waals surface area contributed by atoms with Crippen LogP contribution in [0.3, 0.4) is 0 Å². The lowest BCUT2D eigenvalue weighted by atomic mass is 9.90. The van der Waals surface area contributed by atoms with Crippen LogP contribution in [0, 0.1) is 5.92 Å². The Labute approximate surface area is 82.3 Å². The second kappa shape index (κ2) is 3.46. The van der Waals surface area contributed by atoms with Crippen LogP contribution in [0.15, 0.2) is 22.3 Å². The maximum absolute atomic E-state index is 11.5. The summed E-state index contributed by atoms with van der Waals surface area (Å²) >= 11 is 5.72. The third-order valence-electron chi connectivity index (χ3n) is 2.07. The van der Waals surface area contributed by atoms with E-state index in [1.54, 1.807) is 6.92 Å². The van der Waals surface area contributed by atoms with Gasteiger partial charge in [0.05, 0.1) is 5.03 Å². The molecule has 0 aromatic heterocycles. The van der Waals surface area contributed by atoms with Gasteiger partial charge in [-0.2, -0.15) is 0 Å². The van der Waals surface area contributed by atoms with Crippen LogP contribution in [-0.4, -0.2) is 11.6 Å². The van der Waals surface area contributed by atoms with Gasteiger partial charge in [0.1, 0.15) is 0 Å². The summed E-state index contributed by atoms with van der Waals surface area (Å²) in [6.07, 6.45) is 1.38. The summed E-state index contributed by atoms with van der Waals surface area (Å²) in [5.41, 5.74) is 0.844. The molecule has 0 atom stereocenters. The molecular weight excluding hydrogens is 188 g/mol. The van der Waals surface area contributed by atoms with Gasteiger partial charge >= 0.3 is 0 Å². The van der Waals surface area contributed by atoms with Crippen molar-refractivity contribution in [1.29, 1.82) is 0 Å². The molecule has 0 unspecified atom stereocenters. The average molecular weight is 199 g/mol. The fourth-order valence-corrected chi connectivity index (χ4v) is 1.35. The molecule has 1 aliphatic carbocycles. The molecule has 1 aliphatic rings. The lowest BCUT2D eigenvalue weighted by Crippen LogP contribution is -2.18. The molecule has 0 fully saturated rings. The first-order valence-electron chi connectivity index (χ1n) is 4.12. The van der Waals surface area contributed by atoms with Gasteiger partial charge in [-0.3, -0.25) is 9.59 Å². The molecule has 0 aromatic rings. The van der Waals surface area contributed by atoms with Crippen molar-refractivity contribution in [1.82, 2.24) is 0 Å². The van der Waals surface area contributed by atoms with E-state index < -0.39 is 0 Å². The Morgan fingerprint density at radius 1 is 1.31 bits per heavy atom. The third-order valence-corrected chi connectivity index (χ3v) is 2.52. The van der Waals surface area contributed by atoms with Gasteiger partial charge in [0.2, 0.25) is 5.78 Å². The molecule has 13 heavy (non-hydrogen) atoms. The molecule has 0 bridgehead atoms. The molecule has 0 saturated carbocycles. The minimum Gasteiger partial charge on any atom is -0.290 e. The number of halogens is 1. The second-order valence-electron chi connectivity index (χ2n) is 3.39. The Balaban J connectivity index is 3.15. The summed E-state index contributed by atoms with van der Waals surface area (Å²) in [5, 5.41) is 0.0659. The van der Waals surface area contributed by atoms with Gasteiger partial charge in [0, 0.05) is 11.1 Å². The van der Waals surface area contributed by atoms with Crippen molar-refractivity contribution in [3.8, 4) is 0 Å². The van der Waals surface area contributed by atoms with Crippen molar-refractivity contribution in [3.63, 3.8) is 0 Å². The van der Waals surface area contributed by atoms with Crippen LogP contribution >= 0.6 is 11.6 Å². The Morgan fingerprint density at radius 3 is 2.31 bits per heavy atom. The monoisotopic (exact) mass is 198 g/mol. The van der Waals surface area contributed by atoms with E-state index in [0.717, 1.165) is 0 Å².